The molecular weight excluding hydrogens is 1260 g/mol. The van der Waals surface area contributed by atoms with Crippen LogP contribution in [0.1, 0.15) is 135 Å². The number of carbonyl (C=O) groups is 8. The maximum absolute atomic E-state index is 14.4. The van der Waals surface area contributed by atoms with Crippen LogP contribution in [0.2, 0.25) is 5.02 Å². The number of methoxy groups -OCH3 is 1. The molecule has 4 heterocycles. The normalized spacial score (nSPS) is 24.2. The van der Waals surface area contributed by atoms with E-state index in [0.717, 1.165) is 42.4 Å². The third-order valence-corrected chi connectivity index (χ3v) is 18.8. The van der Waals surface area contributed by atoms with Gasteiger partial charge in [-0.3, -0.25) is 39.1 Å². The smallest absolute Gasteiger partial charge is 0.412 e. The van der Waals surface area contributed by atoms with E-state index in [2.05, 4.69) is 47.8 Å². The van der Waals surface area contributed by atoms with Gasteiger partial charge >= 0.3 is 18.1 Å². The quantitative estimate of drug-likeness (QED) is 0.0216. The average Bonchev–Trinajstić information content (AvgIpc) is 1.70. The second-order valence-electron chi connectivity index (χ2n) is 23.9. The summed E-state index contributed by atoms with van der Waals surface area (Å²) in [6.45, 7) is 11.3. The van der Waals surface area contributed by atoms with Gasteiger partial charge in [0.2, 0.25) is 11.8 Å². The number of allylic oxidation sites excluding steroid dienone is 3. The first kappa shape index (κ1) is 69.5. The first-order valence-electron chi connectivity index (χ1n) is 29.7. The number of ether oxygens (including phenoxy) is 4. The van der Waals surface area contributed by atoms with Gasteiger partial charge < -0.3 is 45.3 Å². The molecule has 3 aliphatic heterocycles. The SMILES string of the molecule is CO[C@@H]1/C=C/C=C(\C)Cc2cc(C)c(Cl)c(c2)N(C)C(=O)C[C@H](OC(=O)Nc2ccc3nc(CC(=O)[C@H](CCCNC(N)=O)NC(=O)[C@@H](CC(=O)CCCCCCCC(=O)C(CBr)CBr)C(C)C)ccc3c2)[C@]2(C)O[C@H]2[C@H](C)[C@@H]2C[C@@]1(O)CC(=O)O2. The number of fused-ring (bicyclic) bond motifs is 6. The van der Waals surface area contributed by atoms with Crippen molar-refractivity contribution in [2.24, 2.45) is 29.4 Å². The Morgan fingerprint density at radius 3 is 2.36 bits per heavy atom. The van der Waals surface area contributed by atoms with E-state index in [9.17, 15) is 43.5 Å². The minimum atomic E-state index is -1.62. The molecule has 3 aromatic rings. The highest BCUT2D eigenvalue weighted by atomic mass is 79.9. The number of unbranched alkanes of at least 4 members (excludes halogenated alkanes) is 4. The van der Waals surface area contributed by atoms with Crippen LogP contribution in [-0.2, 0) is 60.6 Å². The number of alkyl halides is 2. The lowest BCUT2D eigenvalue weighted by Gasteiger charge is -2.41. The summed E-state index contributed by atoms with van der Waals surface area (Å²) in [5, 5.41) is 22.5. The molecule has 2 fully saturated rings. The van der Waals surface area contributed by atoms with Gasteiger partial charge in [-0.1, -0.05) is 119 Å². The number of hydrogen-bond acceptors (Lipinski definition) is 14. The molecule has 4 bridgehead atoms. The number of halogens is 3. The lowest BCUT2D eigenvalue weighted by molar-refractivity contribution is -0.187. The highest BCUT2D eigenvalue weighted by Crippen LogP contribution is 2.50. The molecular formula is C64H85Br2ClN6O13. The van der Waals surface area contributed by atoms with E-state index in [-0.39, 0.29) is 74.3 Å². The second kappa shape index (κ2) is 32.1. The molecule has 3 aliphatic rings. The van der Waals surface area contributed by atoms with Crippen molar-refractivity contribution in [2.75, 3.05) is 41.6 Å². The van der Waals surface area contributed by atoms with E-state index >= 15 is 0 Å². The fraction of sp³-hybridized carbons (Fsp3) is 0.578. The van der Waals surface area contributed by atoms with Gasteiger partial charge in [0.1, 0.15) is 41.1 Å². The van der Waals surface area contributed by atoms with Crippen LogP contribution in [0.4, 0.5) is 21.0 Å². The lowest BCUT2D eigenvalue weighted by atomic mass is 9.78. The van der Waals surface area contributed by atoms with E-state index in [1.54, 1.807) is 56.5 Å². The highest BCUT2D eigenvalue weighted by Gasteiger charge is 2.64. The number of urea groups is 1. The zero-order valence-electron chi connectivity index (χ0n) is 50.6. The van der Waals surface area contributed by atoms with Crippen LogP contribution in [0.15, 0.2) is 66.3 Å². The number of nitrogens with zero attached hydrogens (tertiary/aromatic N) is 2. The molecule has 19 nitrogen and oxygen atoms in total. The van der Waals surface area contributed by atoms with Crippen LogP contribution >= 0.6 is 43.5 Å². The minimum absolute atomic E-state index is 0.0267. The van der Waals surface area contributed by atoms with E-state index in [4.69, 9.17) is 41.3 Å². The standard InChI is InChI=1S/C64H85Br2ClN6O13/c1-37(2)47(31-46(74)17-12-10-9-11-13-19-51(75)43(35-65)36-66)60(79)72-49(18-15-25-69-61(68)80)52(76)30-45-22-21-42-29-44(23-24-48(42)70-45)71-62(81)85-55-32-56(77)73(7)50-28-41(27-39(4)58(50)67)26-38(3)16-14-20-54(83-8)64(82)33-53(84-57(78)34-64)40(5)59-63(55,6)86-59/h14,16,20-24,27-29,37,40,43,47,49,53-55,59,82H,9-13,15,17-19,25-26,30-36H2,1-8H3,(H,71,81)(H,72,79)(H3,68,69,80)/b20-14+,38-16+/t40-,47+,49+,53+,54-,55+,59+,63+,64-/m1/s1. The molecule has 0 saturated carbocycles. The van der Waals surface area contributed by atoms with Crippen LogP contribution < -0.4 is 26.6 Å². The van der Waals surface area contributed by atoms with Crippen LogP contribution in [0, 0.1) is 30.6 Å². The predicted octanol–water partition coefficient (Wildman–Crippen LogP) is 10.5. The van der Waals surface area contributed by atoms with E-state index in [0.29, 0.717) is 75.8 Å². The molecule has 2 saturated heterocycles. The Hall–Kier alpha value is -5.58. The molecule has 0 aliphatic carbocycles. The van der Waals surface area contributed by atoms with Gasteiger partial charge in [-0.15, -0.1) is 0 Å². The number of esters is 1. The zero-order chi connectivity index (χ0) is 63.0. The first-order chi connectivity index (χ1) is 40.8. The number of pyridine rings is 1. The molecule has 2 aromatic carbocycles. The summed E-state index contributed by atoms with van der Waals surface area (Å²) < 4.78 is 24.1. The number of rotatable bonds is 26. The Bertz CT molecular complexity index is 3010. The van der Waals surface area contributed by atoms with Crippen molar-refractivity contribution in [1.82, 2.24) is 15.6 Å². The summed E-state index contributed by atoms with van der Waals surface area (Å²) in [6, 6.07) is 10.5. The van der Waals surface area contributed by atoms with Crippen molar-refractivity contribution in [3.63, 3.8) is 0 Å². The number of benzene rings is 2. The van der Waals surface area contributed by atoms with Crippen LogP contribution in [0.5, 0.6) is 0 Å². The van der Waals surface area contributed by atoms with Gasteiger partial charge in [-0.2, -0.15) is 0 Å². The fourth-order valence-electron chi connectivity index (χ4n) is 11.5. The Kier molecular flexibility index (Phi) is 25.9. The van der Waals surface area contributed by atoms with Crippen LogP contribution in [0.3, 0.4) is 0 Å². The molecule has 0 spiro atoms. The van der Waals surface area contributed by atoms with Crippen molar-refractivity contribution in [3.05, 3.63) is 88.1 Å². The average molecular weight is 1340 g/mol. The van der Waals surface area contributed by atoms with Gasteiger partial charge in [0.15, 0.2) is 5.78 Å². The molecule has 1 aromatic heterocycles. The Balaban J connectivity index is 1.13. The Morgan fingerprint density at radius 1 is 0.965 bits per heavy atom. The molecule has 22 heteroatoms. The van der Waals surface area contributed by atoms with Crippen molar-refractivity contribution < 1.29 is 62.4 Å². The number of carbonyl (C=O) groups excluding carboxylic acids is 8. The number of hydrogen-bond donors (Lipinski definition) is 5. The van der Waals surface area contributed by atoms with Crippen molar-refractivity contribution in [1.29, 1.82) is 0 Å². The third kappa shape index (κ3) is 19.2. The first-order valence-corrected chi connectivity index (χ1v) is 32.3. The van der Waals surface area contributed by atoms with Crippen LogP contribution in [0.25, 0.3) is 10.9 Å². The van der Waals surface area contributed by atoms with Crippen molar-refractivity contribution >= 4 is 113 Å². The third-order valence-electron chi connectivity index (χ3n) is 16.8. The van der Waals surface area contributed by atoms with E-state index in [1.807, 2.05) is 52.8 Å². The van der Waals surface area contributed by atoms with Crippen molar-refractivity contribution in [2.45, 2.75) is 180 Å². The number of ketones is 3. The van der Waals surface area contributed by atoms with Gasteiger partial charge in [0.05, 0.1) is 47.6 Å². The topological polar surface area (TPSA) is 275 Å². The minimum Gasteiger partial charge on any atom is -0.462 e. The fourth-order valence-corrected chi connectivity index (χ4v) is 13.5. The lowest BCUT2D eigenvalue weighted by Crippen LogP contribution is -2.53. The molecule has 9 atom stereocenters. The van der Waals surface area contributed by atoms with Crippen LogP contribution in [-0.4, -0.2) is 130 Å². The number of primary amides is 1. The molecule has 6 N–H and O–H groups in total. The number of epoxide rings is 1. The molecule has 0 radical (unpaired) electrons. The van der Waals surface area contributed by atoms with Gasteiger partial charge in [0.25, 0.3) is 0 Å². The summed E-state index contributed by atoms with van der Waals surface area (Å²) in [4.78, 5) is 113. The number of Topliss-reactive ketones (excluding diaryl/α,β-unsaturated/α-hetero) is 3. The Morgan fingerprint density at radius 2 is 1.67 bits per heavy atom. The number of aliphatic hydroxyl groups is 1. The summed E-state index contributed by atoms with van der Waals surface area (Å²) in [7, 11) is 3.08. The number of nitrogens with two attached hydrogens (primary N) is 1. The number of anilines is 2. The summed E-state index contributed by atoms with van der Waals surface area (Å²) >= 11 is 13.7. The number of aromatic nitrogens is 1. The maximum atomic E-state index is 14.4. The van der Waals surface area contributed by atoms with Crippen molar-refractivity contribution in [3.8, 4) is 0 Å². The molecule has 5 amide bonds. The highest BCUT2D eigenvalue weighted by molar-refractivity contribution is 9.09. The largest absolute Gasteiger partial charge is 0.462 e. The zero-order valence-corrected chi connectivity index (χ0v) is 54.6. The van der Waals surface area contributed by atoms with E-state index in [1.165, 1.54) is 12.0 Å². The number of amides is 5. The Labute approximate surface area is 526 Å². The molecule has 470 valence electrons. The molecule has 0 unspecified atom stereocenters. The maximum Gasteiger partial charge on any atom is 0.412 e. The number of aryl methyl sites for hydroxylation is 1. The molecule has 6 rings (SSSR count). The monoisotopic (exact) mass is 1340 g/mol. The number of nitrogens with one attached hydrogen (secondary N) is 3. The summed E-state index contributed by atoms with van der Waals surface area (Å²) in [6.07, 6.45) is 6.25. The second-order valence-corrected chi connectivity index (χ2v) is 25.6. The summed E-state index contributed by atoms with van der Waals surface area (Å²) in [5.74, 6) is -3.02. The predicted molar refractivity (Wildman–Crippen MR) is 338 cm³/mol. The van der Waals surface area contributed by atoms with Gasteiger partial charge in [-0.25, -0.2) is 9.59 Å². The van der Waals surface area contributed by atoms with E-state index < -0.39 is 83.4 Å². The summed E-state index contributed by atoms with van der Waals surface area (Å²) in [5.41, 5.74) is 6.74. The molecule has 86 heavy (non-hydrogen) atoms. The van der Waals surface area contributed by atoms with Gasteiger partial charge in [-0.05, 0) is 100 Å². The van der Waals surface area contributed by atoms with Gasteiger partial charge in [0, 0.05) is 91.6 Å².